The number of aromatic amines is 1. The Hall–Kier alpha value is -4.04. The number of hydrazone groups is 1. The maximum Gasteiger partial charge on any atom is 0.281 e. The van der Waals surface area contributed by atoms with E-state index in [-0.39, 0.29) is 16.4 Å². The third-order valence-electron chi connectivity index (χ3n) is 4.72. The average Bonchev–Trinajstić information content (AvgIpc) is 3.09. The Bertz CT molecular complexity index is 1330. The van der Waals surface area contributed by atoms with Gasteiger partial charge < -0.3 is 5.32 Å². The Balaban J connectivity index is 1.74. The van der Waals surface area contributed by atoms with Gasteiger partial charge in [-0.1, -0.05) is 48.5 Å². The van der Waals surface area contributed by atoms with Gasteiger partial charge in [-0.15, -0.1) is 0 Å². The maximum absolute atomic E-state index is 14.0. The number of H-pyrrole nitrogens is 1. The minimum Gasteiger partial charge on any atom is -0.331 e. The molecule has 0 bridgehead atoms. The maximum atomic E-state index is 14.0. The number of para-hydroxylation sites is 2. The molecule has 3 aromatic carbocycles. The van der Waals surface area contributed by atoms with Crippen LogP contribution in [-0.2, 0) is 0 Å². The van der Waals surface area contributed by atoms with Crippen LogP contribution in [0.3, 0.4) is 0 Å². The standard InChI is InChI=1S/C24H20FN5OS/c1-16-21(23(31)30(29-16)20-13-6-3-7-14-20)22(17-9-8-10-18(25)15-17)27-28-24(32)26-19-11-4-2-5-12-19/h2-15,29H,1H3,(H2,26,28,32)/b27-22-. The zero-order valence-electron chi connectivity index (χ0n) is 17.2. The summed E-state index contributed by atoms with van der Waals surface area (Å²) in [5.74, 6) is -0.434. The second-order valence-electron chi connectivity index (χ2n) is 6.99. The second-order valence-corrected chi connectivity index (χ2v) is 7.40. The molecular weight excluding hydrogens is 425 g/mol. The topological polar surface area (TPSA) is 74.2 Å². The number of aryl methyl sites for hydroxylation is 1. The molecule has 0 aliphatic heterocycles. The van der Waals surface area contributed by atoms with Crippen molar-refractivity contribution >= 4 is 28.7 Å². The summed E-state index contributed by atoms with van der Waals surface area (Å²) < 4.78 is 15.4. The molecule has 0 aliphatic carbocycles. The van der Waals surface area contributed by atoms with Gasteiger partial charge in [-0.2, -0.15) is 5.10 Å². The van der Waals surface area contributed by atoms with Crippen LogP contribution in [0.25, 0.3) is 5.69 Å². The van der Waals surface area contributed by atoms with Crippen LogP contribution in [0.1, 0.15) is 16.8 Å². The van der Waals surface area contributed by atoms with Gasteiger partial charge in [-0.3, -0.25) is 15.3 Å². The SMILES string of the molecule is Cc1[nH]n(-c2ccccc2)c(=O)c1/C(=N\NC(=S)Nc1ccccc1)c1cccc(F)c1. The van der Waals surface area contributed by atoms with E-state index in [0.29, 0.717) is 22.5 Å². The molecule has 32 heavy (non-hydrogen) atoms. The zero-order valence-corrected chi connectivity index (χ0v) is 18.0. The molecule has 0 fully saturated rings. The predicted molar refractivity (Wildman–Crippen MR) is 129 cm³/mol. The summed E-state index contributed by atoms with van der Waals surface area (Å²) in [4.78, 5) is 13.3. The smallest absolute Gasteiger partial charge is 0.281 e. The van der Waals surface area contributed by atoms with Gasteiger partial charge in [-0.05, 0) is 55.5 Å². The molecule has 1 aromatic heterocycles. The van der Waals surface area contributed by atoms with Gasteiger partial charge in [0.15, 0.2) is 5.11 Å². The van der Waals surface area contributed by atoms with Crippen LogP contribution in [0.15, 0.2) is 94.8 Å². The molecule has 0 unspecified atom stereocenters. The van der Waals surface area contributed by atoms with E-state index in [1.165, 1.54) is 16.8 Å². The number of hydrogen-bond donors (Lipinski definition) is 3. The van der Waals surface area contributed by atoms with Crippen LogP contribution in [0.4, 0.5) is 10.1 Å². The van der Waals surface area contributed by atoms with Crippen LogP contribution in [-0.4, -0.2) is 20.6 Å². The number of nitrogens with zero attached hydrogens (tertiary/aromatic N) is 2. The molecule has 1 heterocycles. The number of anilines is 1. The number of benzene rings is 3. The minimum absolute atomic E-state index is 0.238. The van der Waals surface area contributed by atoms with Crippen molar-refractivity contribution in [1.29, 1.82) is 0 Å². The number of aromatic nitrogens is 2. The molecule has 0 saturated heterocycles. The van der Waals surface area contributed by atoms with Gasteiger partial charge in [0.2, 0.25) is 0 Å². The predicted octanol–water partition coefficient (Wildman–Crippen LogP) is 4.35. The van der Waals surface area contributed by atoms with Gasteiger partial charge >= 0.3 is 0 Å². The summed E-state index contributed by atoms with van der Waals surface area (Å²) in [7, 11) is 0. The molecular formula is C24H20FN5OS. The molecule has 0 saturated carbocycles. The van der Waals surface area contributed by atoms with E-state index in [0.717, 1.165) is 5.69 Å². The fourth-order valence-electron chi connectivity index (χ4n) is 3.27. The molecule has 8 heteroatoms. The molecule has 6 nitrogen and oxygen atoms in total. The second kappa shape index (κ2) is 9.40. The Labute approximate surface area is 189 Å². The van der Waals surface area contributed by atoms with Crippen LogP contribution >= 0.6 is 12.2 Å². The normalized spacial score (nSPS) is 11.2. The lowest BCUT2D eigenvalue weighted by Gasteiger charge is -2.10. The number of hydrogen-bond acceptors (Lipinski definition) is 3. The highest BCUT2D eigenvalue weighted by Crippen LogP contribution is 2.14. The van der Waals surface area contributed by atoms with E-state index in [4.69, 9.17) is 12.2 Å². The Kier molecular flexibility index (Phi) is 6.23. The van der Waals surface area contributed by atoms with Crippen molar-refractivity contribution < 1.29 is 4.39 Å². The summed E-state index contributed by atoms with van der Waals surface area (Å²) in [6.07, 6.45) is 0. The first-order valence-corrected chi connectivity index (χ1v) is 10.3. The van der Waals surface area contributed by atoms with E-state index < -0.39 is 5.82 Å². The largest absolute Gasteiger partial charge is 0.331 e. The third kappa shape index (κ3) is 4.65. The van der Waals surface area contributed by atoms with Crippen LogP contribution in [0, 0.1) is 12.7 Å². The highest BCUT2D eigenvalue weighted by molar-refractivity contribution is 7.80. The molecule has 0 radical (unpaired) electrons. The molecule has 4 rings (SSSR count). The molecule has 4 aromatic rings. The molecule has 3 N–H and O–H groups in total. The summed E-state index contributed by atoms with van der Waals surface area (Å²) in [5, 5.41) is 10.7. The molecule has 0 amide bonds. The third-order valence-corrected chi connectivity index (χ3v) is 4.91. The van der Waals surface area contributed by atoms with Gasteiger partial charge in [0, 0.05) is 16.9 Å². The first-order valence-electron chi connectivity index (χ1n) is 9.86. The van der Waals surface area contributed by atoms with Crippen molar-refractivity contribution in [2.24, 2.45) is 5.10 Å². The van der Waals surface area contributed by atoms with Crippen LogP contribution in [0.5, 0.6) is 0 Å². The van der Waals surface area contributed by atoms with Gasteiger partial charge in [0.1, 0.15) is 11.5 Å². The van der Waals surface area contributed by atoms with E-state index in [9.17, 15) is 9.18 Å². The quantitative estimate of drug-likeness (QED) is 0.243. The summed E-state index contributed by atoms with van der Waals surface area (Å²) in [6.45, 7) is 1.77. The number of rotatable bonds is 5. The monoisotopic (exact) mass is 445 g/mol. The van der Waals surface area contributed by atoms with Gasteiger partial charge in [0.25, 0.3) is 5.56 Å². The fraction of sp³-hybridized carbons (Fsp3) is 0.0417. The Morgan fingerprint density at radius 2 is 1.69 bits per heavy atom. The lowest BCUT2D eigenvalue weighted by atomic mass is 10.0. The zero-order chi connectivity index (χ0) is 22.5. The fourth-order valence-corrected chi connectivity index (χ4v) is 3.44. The first-order chi connectivity index (χ1) is 15.5. The lowest BCUT2D eigenvalue weighted by molar-refractivity contribution is 0.627. The Morgan fingerprint density at radius 1 is 1.00 bits per heavy atom. The first kappa shape index (κ1) is 21.2. The molecule has 0 aliphatic rings. The molecule has 0 spiro atoms. The number of nitrogens with one attached hydrogen (secondary N) is 3. The summed E-state index contributed by atoms with van der Waals surface area (Å²) in [6, 6.07) is 24.5. The number of thiocarbonyl (C=S) groups is 1. The van der Waals surface area contributed by atoms with Gasteiger partial charge in [-0.25, -0.2) is 9.07 Å². The van der Waals surface area contributed by atoms with Crippen molar-refractivity contribution in [1.82, 2.24) is 15.2 Å². The van der Waals surface area contributed by atoms with Crippen molar-refractivity contribution in [3.8, 4) is 5.69 Å². The summed E-state index contributed by atoms with van der Waals surface area (Å²) in [5.41, 5.74) is 5.56. The van der Waals surface area contributed by atoms with Crippen LogP contribution < -0.4 is 16.3 Å². The van der Waals surface area contributed by atoms with Crippen molar-refractivity contribution in [3.05, 3.63) is 118 Å². The minimum atomic E-state index is -0.434. The van der Waals surface area contributed by atoms with E-state index in [1.807, 2.05) is 60.7 Å². The number of halogens is 1. The molecule has 160 valence electrons. The Morgan fingerprint density at radius 3 is 2.38 bits per heavy atom. The summed E-state index contributed by atoms with van der Waals surface area (Å²) >= 11 is 5.33. The van der Waals surface area contributed by atoms with Gasteiger partial charge in [0.05, 0.1) is 11.3 Å². The van der Waals surface area contributed by atoms with Crippen molar-refractivity contribution in [2.75, 3.05) is 5.32 Å². The highest BCUT2D eigenvalue weighted by Gasteiger charge is 2.20. The van der Waals surface area contributed by atoms with Crippen LogP contribution in [0.2, 0.25) is 0 Å². The van der Waals surface area contributed by atoms with Crippen molar-refractivity contribution in [3.63, 3.8) is 0 Å². The average molecular weight is 446 g/mol. The van der Waals surface area contributed by atoms with Crippen molar-refractivity contribution in [2.45, 2.75) is 6.92 Å². The lowest BCUT2D eigenvalue weighted by Crippen LogP contribution is -2.28. The van der Waals surface area contributed by atoms with E-state index in [1.54, 1.807) is 19.1 Å². The highest BCUT2D eigenvalue weighted by atomic mass is 32.1. The molecule has 0 atom stereocenters. The van der Waals surface area contributed by atoms with E-state index in [2.05, 4.69) is 20.9 Å². The van der Waals surface area contributed by atoms with E-state index >= 15 is 0 Å².